The van der Waals surface area contributed by atoms with Gasteiger partial charge in [0.1, 0.15) is 0 Å². The van der Waals surface area contributed by atoms with Crippen molar-refractivity contribution in [2.45, 2.75) is 58.8 Å². The van der Waals surface area contributed by atoms with Crippen molar-refractivity contribution in [2.24, 2.45) is 0 Å². The van der Waals surface area contributed by atoms with E-state index in [4.69, 9.17) is 0 Å². The number of hydrogen-bond acceptors (Lipinski definition) is 1. The number of carbonyl (C=O) groups excluding carboxylic acids is 1. The van der Waals surface area contributed by atoms with Crippen LogP contribution in [-0.2, 0) is 4.79 Å². The van der Waals surface area contributed by atoms with Crippen LogP contribution in [-0.4, -0.2) is 5.78 Å². The molecule has 0 atom stereocenters. The molecule has 1 heteroatoms. The second-order valence-corrected chi connectivity index (χ2v) is 3.47. The molecule has 0 radical (unpaired) electrons. The summed E-state index contributed by atoms with van der Waals surface area (Å²) in [5, 5.41) is 0. The van der Waals surface area contributed by atoms with Crippen molar-refractivity contribution in [3.8, 4) is 0 Å². The summed E-state index contributed by atoms with van der Waals surface area (Å²) in [5.74, 6) is 0.296. The first-order valence-electron chi connectivity index (χ1n) is 5.50. The van der Waals surface area contributed by atoms with Crippen molar-refractivity contribution >= 4 is 5.78 Å². The Balaban J connectivity index is 3.29. The van der Waals surface area contributed by atoms with Crippen LogP contribution in [0.3, 0.4) is 0 Å². The van der Waals surface area contributed by atoms with E-state index in [1.165, 1.54) is 19.3 Å². The zero-order chi connectivity index (χ0) is 9.94. The normalized spacial score (nSPS) is 10.9. The number of ketones is 1. The highest BCUT2D eigenvalue weighted by molar-refractivity contribution is 5.89. The molecule has 0 aliphatic heterocycles. The van der Waals surface area contributed by atoms with Crippen molar-refractivity contribution in [2.75, 3.05) is 0 Å². The highest BCUT2D eigenvalue weighted by atomic mass is 16.1. The standard InChI is InChI=1S/C12H22O/c1-3-5-7-9-11-12(13)10-8-6-4-2/h8,10H,3-7,9,11H2,1-2H3. The molecule has 0 saturated heterocycles. The molecular weight excluding hydrogens is 160 g/mol. The summed E-state index contributed by atoms with van der Waals surface area (Å²) in [6, 6.07) is 0. The molecule has 0 aromatic heterocycles. The van der Waals surface area contributed by atoms with Crippen molar-refractivity contribution in [3.05, 3.63) is 12.2 Å². The molecule has 0 N–H and O–H groups in total. The summed E-state index contributed by atoms with van der Waals surface area (Å²) in [6.45, 7) is 4.30. The molecule has 0 heterocycles. The summed E-state index contributed by atoms with van der Waals surface area (Å²) in [4.78, 5) is 11.2. The van der Waals surface area contributed by atoms with Gasteiger partial charge in [0.25, 0.3) is 0 Å². The molecule has 0 saturated carbocycles. The maximum atomic E-state index is 11.2. The zero-order valence-corrected chi connectivity index (χ0v) is 9.01. The molecule has 0 aliphatic carbocycles. The summed E-state index contributed by atoms with van der Waals surface area (Å²) >= 11 is 0. The highest BCUT2D eigenvalue weighted by Crippen LogP contribution is 2.03. The maximum absolute atomic E-state index is 11.2. The minimum absolute atomic E-state index is 0.296. The topological polar surface area (TPSA) is 17.1 Å². The van der Waals surface area contributed by atoms with E-state index in [9.17, 15) is 4.79 Å². The number of unbranched alkanes of at least 4 members (excludes halogenated alkanes) is 4. The number of hydrogen-bond donors (Lipinski definition) is 0. The van der Waals surface area contributed by atoms with Crippen LogP contribution in [0.1, 0.15) is 58.8 Å². The van der Waals surface area contributed by atoms with Gasteiger partial charge < -0.3 is 0 Å². The summed E-state index contributed by atoms with van der Waals surface area (Å²) in [7, 11) is 0. The number of carbonyl (C=O) groups is 1. The van der Waals surface area contributed by atoms with Crippen molar-refractivity contribution in [1.29, 1.82) is 0 Å². The smallest absolute Gasteiger partial charge is 0.155 e. The molecule has 0 aromatic carbocycles. The molecule has 0 aliphatic rings. The second-order valence-electron chi connectivity index (χ2n) is 3.47. The third kappa shape index (κ3) is 9.32. The molecule has 0 unspecified atom stereocenters. The monoisotopic (exact) mass is 182 g/mol. The molecule has 0 amide bonds. The summed E-state index contributed by atoms with van der Waals surface area (Å²) in [5.41, 5.74) is 0. The first kappa shape index (κ1) is 12.4. The average Bonchev–Trinajstić information content (AvgIpc) is 2.13. The maximum Gasteiger partial charge on any atom is 0.155 e. The van der Waals surface area contributed by atoms with Gasteiger partial charge in [0.2, 0.25) is 0 Å². The minimum atomic E-state index is 0.296. The molecular formula is C12H22O. The van der Waals surface area contributed by atoms with E-state index in [1.54, 1.807) is 6.08 Å². The third-order valence-electron chi connectivity index (χ3n) is 2.04. The Morgan fingerprint density at radius 1 is 1.08 bits per heavy atom. The van der Waals surface area contributed by atoms with Crippen LogP contribution in [0.15, 0.2) is 12.2 Å². The van der Waals surface area contributed by atoms with Gasteiger partial charge in [-0.2, -0.15) is 0 Å². The minimum Gasteiger partial charge on any atom is -0.295 e. The van der Waals surface area contributed by atoms with E-state index in [0.29, 0.717) is 5.78 Å². The fourth-order valence-electron chi connectivity index (χ4n) is 1.19. The zero-order valence-electron chi connectivity index (χ0n) is 9.01. The molecule has 76 valence electrons. The van der Waals surface area contributed by atoms with Gasteiger partial charge in [-0.3, -0.25) is 4.79 Å². The van der Waals surface area contributed by atoms with Crippen molar-refractivity contribution in [1.82, 2.24) is 0 Å². The van der Waals surface area contributed by atoms with E-state index in [2.05, 4.69) is 13.8 Å². The van der Waals surface area contributed by atoms with Crippen molar-refractivity contribution < 1.29 is 4.79 Å². The Labute approximate surface area is 82.2 Å². The molecule has 0 rings (SSSR count). The van der Waals surface area contributed by atoms with Crippen LogP contribution in [0.5, 0.6) is 0 Å². The van der Waals surface area contributed by atoms with Crippen LogP contribution >= 0.6 is 0 Å². The summed E-state index contributed by atoms with van der Waals surface area (Å²) < 4.78 is 0. The summed E-state index contributed by atoms with van der Waals surface area (Å²) in [6.07, 6.45) is 11.4. The van der Waals surface area contributed by atoms with Crippen LogP contribution in [0.4, 0.5) is 0 Å². The Morgan fingerprint density at radius 3 is 2.46 bits per heavy atom. The molecule has 13 heavy (non-hydrogen) atoms. The Morgan fingerprint density at radius 2 is 1.85 bits per heavy atom. The van der Waals surface area contributed by atoms with Crippen LogP contribution < -0.4 is 0 Å². The van der Waals surface area contributed by atoms with Gasteiger partial charge >= 0.3 is 0 Å². The third-order valence-corrected chi connectivity index (χ3v) is 2.04. The predicted octanol–water partition coefficient (Wildman–Crippen LogP) is 3.88. The fourth-order valence-corrected chi connectivity index (χ4v) is 1.19. The lowest BCUT2D eigenvalue weighted by atomic mass is 10.1. The van der Waals surface area contributed by atoms with Crippen LogP contribution in [0.25, 0.3) is 0 Å². The lowest BCUT2D eigenvalue weighted by molar-refractivity contribution is -0.114. The first-order valence-corrected chi connectivity index (χ1v) is 5.50. The van der Waals surface area contributed by atoms with Gasteiger partial charge in [-0.05, 0) is 18.9 Å². The van der Waals surface area contributed by atoms with Gasteiger partial charge in [-0.1, -0.05) is 45.6 Å². The molecule has 0 bridgehead atoms. The fraction of sp³-hybridized carbons (Fsp3) is 0.750. The van der Waals surface area contributed by atoms with E-state index in [1.807, 2.05) is 6.08 Å². The quantitative estimate of drug-likeness (QED) is 0.411. The molecule has 0 spiro atoms. The van der Waals surface area contributed by atoms with E-state index in [0.717, 1.165) is 25.7 Å². The number of rotatable bonds is 8. The predicted molar refractivity (Wildman–Crippen MR) is 57.8 cm³/mol. The van der Waals surface area contributed by atoms with Crippen LogP contribution in [0, 0.1) is 0 Å². The lowest BCUT2D eigenvalue weighted by Gasteiger charge is -1.95. The van der Waals surface area contributed by atoms with Crippen LogP contribution in [0.2, 0.25) is 0 Å². The largest absolute Gasteiger partial charge is 0.295 e. The average molecular weight is 182 g/mol. The first-order chi connectivity index (χ1) is 6.31. The molecule has 0 aromatic rings. The highest BCUT2D eigenvalue weighted by Gasteiger charge is 1.95. The van der Waals surface area contributed by atoms with Crippen molar-refractivity contribution in [3.63, 3.8) is 0 Å². The van der Waals surface area contributed by atoms with E-state index >= 15 is 0 Å². The number of allylic oxidation sites excluding steroid dienone is 2. The van der Waals surface area contributed by atoms with Gasteiger partial charge in [-0.25, -0.2) is 0 Å². The Hall–Kier alpha value is -0.590. The van der Waals surface area contributed by atoms with E-state index < -0.39 is 0 Å². The second kappa shape index (κ2) is 9.50. The van der Waals surface area contributed by atoms with Gasteiger partial charge in [0, 0.05) is 6.42 Å². The SMILES string of the molecule is CCCC=CC(=O)CCCCCC. The van der Waals surface area contributed by atoms with Gasteiger partial charge in [0.05, 0.1) is 0 Å². The lowest BCUT2D eigenvalue weighted by Crippen LogP contribution is -1.91. The molecule has 0 fully saturated rings. The van der Waals surface area contributed by atoms with Gasteiger partial charge in [0.15, 0.2) is 5.78 Å². The Kier molecular flexibility index (Phi) is 9.07. The molecule has 1 nitrogen and oxygen atoms in total. The van der Waals surface area contributed by atoms with E-state index in [-0.39, 0.29) is 0 Å². The Bertz CT molecular complexity index is 147. The van der Waals surface area contributed by atoms with Gasteiger partial charge in [-0.15, -0.1) is 0 Å².